The van der Waals surface area contributed by atoms with E-state index in [-0.39, 0.29) is 6.61 Å². The first kappa shape index (κ1) is 15.5. The van der Waals surface area contributed by atoms with Gasteiger partial charge in [0.15, 0.2) is 0 Å². The van der Waals surface area contributed by atoms with Gasteiger partial charge in [-0.2, -0.15) is 0 Å². The van der Waals surface area contributed by atoms with Gasteiger partial charge < -0.3 is 9.30 Å². The lowest BCUT2D eigenvalue weighted by molar-refractivity contribution is 0.346. The molecule has 0 aliphatic heterocycles. The van der Waals surface area contributed by atoms with Gasteiger partial charge in [-0.3, -0.25) is 0 Å². The minimum absolute atomic E-state index is 0.286. The first-order chi connectivity index (χ1) is 10.2. The Morgan fingerprint density at radius 3 is 2.86 bits per heavy atom. The van der Waals surface area contributed by atoms with Crippen LogP contribution in [-0.2, 0) is 13.5 Å². The van der Waals surface area contributed by atoms with Crippen LogP contribution in [0.4, 0.5) is 4.39 Å². The zero-order valence-electron chi connectivity index (χ0n) is 13.0. The van der Waals surface area contributed by atoms with Crippen molar-refractivity contribution in [1.29, 1.82) is 0 Å². The second-order valence-corrected chi connectivity index (χ2v) is 5.25. The third-order valence-corrected chi connectivity index (χ3v) is 3.73. The van der Waals surface area contributed by atoms with Crippen LogP contribution in [0.2, 0.25) is 0 Å². The van der Waals surface area contributed by atoms with E-state index in [1.54, 1.807) is 0 Å². The Bertz CT molecular complexity index is 631. The van der Waals surface area contributed by atoms with Crippen LogP contribution < -0.4 is 4.74 Å². The maximum absolute atomic E-state index is 12.5. The molecular formula is C17H23FN2O. The maximum atomic E-state index is 12.5. The molecule has 0 aliphatic carbocycles. The SMILES string of the molecule is CCCCc1nc2cc(OC/C(=C/F)CC)ccc2n1C. The number of halogens is 1. The third-order valence-electron chi connectivity index (χ3n) is 3.73. The van der Waals surface area contributed by atoms with Crippen LogP contribution in [0, 0.1) is 0 Å². The molecule has 0 amide bonds. The summed E-state index contributed by atoms with van der Waals surface area (Å²) in [6.07, 6.45) is 4.57. The fourth-order valence-electron chi connectivity index (χ4n) is 2.26. The average molecular weight is 290 g/mol. The Morgan fingerprint density at radius 2 is 2.19 bits per heavy atom. The van der Waals surface area contributed by atoms with Crippen LogP contribution in [-0.4, -0.2) is 16.2 Å². The molecule has 0 fully saturated rings. The second kappa shape index (κ2) is 7.25. The minimum atomic E-state index is 0.286. The van der Waals surface area contributed by atoms with Gasteiger partial charge in [-0.25, -0.2) is 9.37 Å². The van der Waals surface area contributed by atoms with Crippen molar-refractivity contribution in [2.45, 2.75) is 39.5 Å². The summed E-state index contributed by atoms with van der Waals surface area (Å²) in [5.74, 6) is 1.83. The number of ether oxygens (including phenoxy) is 1. The molecule has 1 aromatic carbocycles. The molecule has 0 spiro atoms. The molecule has 3 nitrogen and oxygen atoms in total. The van der Waals surface area contributed by atoms with Crippen LogP contribution in [0.25, 0.3) is 11.0 Å². The van der Waals surface area contributed by atoms with Crippen LogP contribution in [0.5, 0.6) is 5.75 Å². The van der Waals surface area contributed by atoms with Crippen molar-refractivity contribution in [2.24, 2.45) is 7.05 Å². The number of hydrogen-bond acceptors (Lipinski definition) is 2. The number of unbranched alkanes of at least 4 members (excludes halogenated alkanes) is 1. The summed E-state index contributed by atoms with van der Waals surface area (Å²) >= 11 is 0. The van der Waals surface area contributed by atoms with Gasteiger partial charge in [0.05, 0.1) is 17.4 Å². The van der Waals surface area contributed by atoms with E-state index in [0.717, 1.165) is 41.9 Å². The Hall–Kier alpha value is -1.84. The predicted octanol–water partition coefficient (Wildman–Crippen LogP) is 4.56. The lowest BCUT2D eigenvalue weighted by atomic mass is 10.2. The summed E-state index contributed by atoms with van der Waals surface area (Å²) in [7, 11) is 2.04. The van der Waals surface area contributed by atoms with Crippen molar-refractivity contribution >= 4 is 11.0 Å². The van der Waals surface area contributed by atoms with Gasteiger partial charge in [0.1, 0.15) is 18.2 Å². The maximum Gasteiger partial charge on any atom is 0.122 e. The predicted molar refractivity (Wildman–Crippen MR) is 84.3 cm³/mol. The van der Waals surface area contributed by atoms with Gasteiger partial charge in [-0.15, -0.1) is 0 Å². The Morgan fingerprint density at radius 1 is 1.38 bits per heavy atom. The number of rotatable bonds is 7. The monoisotopic (exact) mass is 290 g/mol. The van der Waals surface area contributed by atoms with E-state index >= 15 is 0 Å². The highest BCUT2D eigenvalue weighted by Crippen LogP contribution is 2.22. The topological polar surface area (TPSA) is 27.1 Å². The standard InChI is InChI=1S/C17H23FN2O/c1-4-6-7-17-19-15-10-14(8-9-16(15)20(17)3)21-12-13(5-2)11-18/h8-11H,4-7,12H2,1-3H3/b13-11+. The van der Waals surface area contributed by atoms with Crippen molar-refractivity contribution < 1.29 is 9.13 Å². The van der Waals surface area contributed by atoms with Crippen molar-refractivity contribution in [3.8, 4) is 5.75 Å². The largest absolute Gasteiger partial charge is 0.489 e. The lowest BCUT2D eigenvalue weighted by Gasteiger charge is -2.07. The van der Waals surface area contributed by atoms with E-state index in [4.69, 9.17) is 4.74 Å². The van der Waals surface area contributed by atoms with Crippen LogP contribution in [0.1, 0.15) is 38.9 Å². The van der Waals surface area contributed by atoms with E-state index in [1.807, 2.05) is 32.2 Å². The number of aromatic nitrogens is 2. The minimum Gasteiger partial charge on any atom is -0.489 e. The number of imidazole rings is 1. The molecule has 21 heavy (non-hydrogen) atoms. The lowest BCUT2D eigenvalue weighted by Crippen LogP contribution is -2.00. The summed E-state index contributed by atoms with van der Waals surface area (Å²) in [6, 6.07) is 5.85. The van der Waals surface area contributed by atoms with Gasteiger partial charge in [0, 0.05) is 19.5 Å². The quantitative estimate of drug-likeness (QED) is 0.747. The average Bonchev–Trinajstić information content (AvgIpc) is 2.82. The molecule has 0 aliphatic rings. The number of hydrogen-bond donors (Lipinski definition) is 0. The van der Waals surface area contributed by atoms with Gasteiger partial charge in [0.25, 0.3) is 0 Å². The highest BCUT2D eigenvalue weighted by molar-refractivity contribution is 5.77. The normalized spacial score (nSPS) is 12.1. The smallest absolute Gasteiger partial charge is 0.122 e. The van der Waals surface area contributed by atoms with Crippen molar-refractivity contribution in [3.63, 3.8) is 0 Å². The Kier molecular flexibility index (Phi) is 5.37. The van der Waals surface area contributed by atoms with Crippen molar-refractivity contribution in [1.82, 2.24) is 9.55 Å². The summed E-state index contributed by atoms with van der Waals surface area (Å²) < 4.78 is 20.3. The third kappa shape index (κ3) is 3.63. The summed E-state index contributed by atoms with van der Waals surface area (Å²) in [5, 5.41) is 0. The molecule has 0 radical (unpaired) electrons. The molecule has 0 unspecified atom stereocenters. The number of nitrogens with zero attached hydrogens (tertiary/aromatic N) is 2. The van der Waals surface area contributed by atoms with Gasteiger partial charge in [-0.1, -0.05) is 20.3 Å². The molecule has 0 saturated heterocycles. The zero-order valence-corrected chi connectivity index (χ0v) is 13.0. The van der Waals surface area contributed by atoms with Gasteiger partial charge >= 0.3 is 0 Å². The van der Waals surface area contributed by atoms with Crippen molar-refractivity contribution in [2.75, 3.05) is 6.61 Å². The highest BCUT2D eigenvalue weighted by atomic mass is 19.1. The second-order valence-electron chi connectivity index (χ2n) is 5.25. The molecule has 0 N–H and O–H groups in total. The molecular weight excluding hydrogens is 267 g/mol. The van der Waals surface area contributed by atoms with E-state index in [9.17, 15) is 4.39 Å². The van der Waals surface area contributed by atoms with Crippen LogP contribution in [0.3, 0.4) is 0 Å². The fourth-order valence-corrected chi connectivity index (χ4v) is 2.26. The highest BCUT2D eigenvalue weighted by Gasteiger charge is 2.08. The first-order valence-electron chi connectivity index (χ1n) is 7.55. The summed E-state index contributed by atoms with van der Waals surface area (Å²) in [4.78, 5) is 4.67. The molecule has 1 heterocycles. The number of benzene rings is 1. The van der Waals surface area contributed by atoms with Crippen molar-refractivity contribution in [3.05, 3.63) is 35.9 Å². The summed E-state index contributed by atoms with van der Waals surface area (Å²) in [5.41, 5.74) is 2.69. The molecule has 1 aromatic heterocycles. The molecule has 4 heteroatoms. The number of fused-ring (bicyclic) bond motifs is 1. The summed E-state index contributed by atoms with van der Waals surface area (Å²) in [6.45, 7) is 4.38. The fraction of sp³-hybridized carbons (Fsp3) is 0.471. The molecule has 0 saturated carbocycles. The Balaban J connectivity index is 2.17. The Labute approximate surface area is 125 Å². The molecule has 2 aromatic rings. The number of aryl methyl sites for hydroxylation is 2. The van der Waals surface area contributed by atoms with E-state index in [0.29, 0.717) is 18.3 Å². The molecule has 0 atom stereocenters. The van der Waals surface area contributed by atoms with E-state index < -0.39 is 0 Å². The van der Waals surface area contributed by atoms with E-state index in [2.05, 4.69) is 16.5 Å². The molecule has 2 rings (SSSR count). The van der Waals surface area contributed by atoms with Gasteiger partial charge in [0.2, 0.25) is 0 Å². The zero-order chi connectivity index (χ0) is 15.2. The van der Waals surface area contributed by atoms with Gasteiger partial charge in [-0.05, 0) is 30.5 Å². The van der Waals surface area contributed by atoms with E-state index in [1.165, 1.54) is 0 Å². The molecule has 0 bridgehead atoms. The first-order valence-corrected chi connectivity index (χ1v) is 7.55. The van der Waals surface area contributed by atoms with Crippen LogP contribution in [0.15, 0.2) is 30.1 Å². The molecule has 114 valence electrons. The van der Waals surface area contributed by atoms with Crippen LogP contribution >= 0.6 is 0 Å².